The first-order chi connectivity index (χ1) is 7.51. The van der Waals surface area contributed by atoms with E-state index in [9.17, 15) is 9.18 Å². The van der Waals surface area contributed by atoms with E-state index >= 15 is 0 Å². The standard InChI is InChI=1S/C11H12BrClFNO/c1-3-15(4-2)11(16)7-5-8(12)9(13)6-10(7)14/h5-6H,3-4H2,1-2H3. The second-order valence-corrected chi connectivity index (χ2v) is 4.49. The van der Waals surface area contributed by atoms with Crippen LogP contribution in [-0.2, 0) is 0 Å². The van der Waals surface area contributed by atoms with Crippen molar-refractivity contribution < 1.29 is 9.18 Å². The van der Waals surface area contributed by atoms with Crippen molar-refractivity contribution in [1.29, 1.82) is 0 Å². The number of hydrogen-bond donors (Lipinski definition) is 0. The van der Waals surface area contributed by atoms with Gasteiger partial charge >= 0.3 is 0 Å². The summed E-state index contributed by atoms with van der Waals surface area (Å²) in [6.45, 7) is 4.80. The third-order valence-corrected chi connectivity index (χ3v) is 3.49. The van der Waals surface area contributed by atoms with Crippen LogP contribution in [0, 0.1) is 5.82 Å². The molecule has 0 fully saturated rings. The van der Waals surface area contributed by atoms with E-state index in [-0.39, 0.29) is 16.5 Å². The molecule has 0 heterocycles. The van der Waals surface area contributed by atoms with Gasteiger partial charge in [0.1, 0.15) is 5.82 Å². The van der Waals surface area contributed by atoms with Gasteiger partial charge in [-0.15, -0.1) is 0 Å². The molecule has 0 radical (unpaired) electrons. The maximum absolute atomic E-state index is 13.6. The van der Waals surface area contributed by atoms with Gasteiger partial charge in [-0.05, 0) is 41.9 Å². The predicted molar refractivity (Wildman–Crippen MR) is 66.4 cm³/mol. The maximum atomic E-state index is 13.6. The van der Waals surface area contributed by atoms with Crippen molar-refractivity contribution in [2.24, 2.45) is 0 Å². The molecule has 0 aliphatic carbocycles. The minimum absolute atomic E-state index is 0.0416. The second-order valence-electron chi connectivity index (χ2n) is 3.22. The number of halogens is 3. The van der Waals surface area contributed by atoms with Gasteiger partial charge in [0.25, 0.3) is 5.91 Å². The molecule has 16 heavy (non-hydrogen) atoms. The van der Waals surface area contributed by atoms with Gasteiger partial charge in [0.15, 0.2) is 0 Å². The van der Waals surface area contributed by atoms with E-state index < -0.39 is 5.82 Å². The van der Waals surface area contributed by atoms with Crippen LogP contribution < -0.4 is 0 Å². The van der Waals surface area contributed by atoms with E-state index in [0.29, 0.717) is 17.6 Å². The first-order valence-corrected chi connectivity index (χ1v) is 6.12. The highest BCUT2D eigenvalue weighted by molar-refractivity contribution is 9.10. The van der Waals surface area contributed by atoms with E-state index in [4.69, 9.17) is 11.6 Å². The lowest BCUT2D eigenvalue weighted by molar-refractivity contribution is 0.0768. The van der Waals surface area contributed by atoms with Gasteiger partial charge in [0.2, 0.25) is 0 Å². The Morgan fingerprint density at radius 2 is 2.00 bits per heavy atom. The number of carbonyl (C=O) groups excluding carboxylic acids is 1. The molecular formula is C11H12BrClFNO. The van der Waals surface area contributed by atoms with Crippen LogP contribution >= 0.6 is 27.5 Å². The van der Waals surface area contributed by atoms with Gasteiger partial charge in [-0.3, -0.25) is 4.79 Å². The summed E-state index contributed by atoms with van der Waals surface area (Å²) >= 11 is 8.90. The molecule has 1 amide bonds. The molecule has 0 N–H and O–H groups in total. The first-order valence-electron chi connectivity index (χ1n) is 4.95. The Labute approximate surface area is 108 Å². The fourth-order valence-corrected chi connectivity index (χ4v) is 1.86. The summed E-state index contributed by atoms with van der Waals surface area (Å²) in [4.78, 5) is 13.5. The van der Waals surface area contributed by atoms with Gasteiger partial charge in [-0.1, -0.05) is 11.6 Å². The minimum Gasteiger partial charge on any atom is -0.339 e. The van der Waals surface area contributed by atoms with Crippen molar-refractivity contribution >= 4 is 33.4 Å². The molecule has 1 aromatic carbocycles. The lowest BCUT2D eigenvalue weighted by atomic mass is 10.2. The predicted octanol–water partition coefficient (Wildman–Crippen LogP) is 3.72. The molecule has 1 aromatic rings. The summed E-state index contributed by atoms with van der Waals surface area (Å²) in [6.07, 6.45) is 0. The van der Waals surface area contributed by atoms with E-state index in [1.165, 1.54) is 6.07 Å². The van der Waals surface area contributed by atoms with E-state index in [0.717, 1.165) is 6.07 Å². The van der Waals surface area contributed by atoms with Crippen LogP contribution in [0.3, 0.4) is 0 Å². The third kappa shape index (κ3) is 2.74. The number of amides is 1. The maximum Gasteiger partial charge on any atom is 0.256 e. The Kier molecular flexibility index (Phi) is 4.74. The van der Waals surface area contributed by atoms with Crippen LogP contribution in [0.25, 0.3) is 0 Å². The van der Waals surface area contributed by atoms with Gasteiger partial charge < -0.3 is 4.90 Å². The molecule has 0 aliphatic heterocycles. The number of carbonyl (C=O) groups is 1. The molecule has 0 aromatic heterocycles. The average Bonchev–Trinajstić information content (AvgIpc) is 2.25. The van der Waals surface area contributed by atoms with Crippen LogP contribution in [0.4, 0.5) is 4.39 Å². The molecule has 0 unspecified atom stereocenters. The highest BCUT2D eigenvalue weighted by atomic mass is 79.9. The van der Waals surface area contributed by atoms with Crippen molar-refractivity contribution in [2.45, 2.75) is 13.8 Å². The molecule has 0 spiro atoms. The van der Waals surface area contributed by atoms with Gasteiger partial charge in [-0.25, -0.2) is 4.39 Å². The monoisotopic (exact) mass is 307 g/mol. The zero-order chi connectivity index (χ0) is 12.3. The first kappa shape index (κ1) is 13.5. The largest absolute Gasteiger partial charge is 0.339 e. The van der Waals surface area contributed by atoms with Crippen molar-refractivity contribution in [2.75, 3.05) is 13.1 Å². The van der Waals surface area contributed by atoms with Gasteiger partial charge in [-0.2, -0.15) is 0 Å². The van der Waals surface area contributed by atoms with Gasteiger partial charge in [0, 0.05) is 17.6 Å². The van der Waals surface area contributed by atoms with Crippen molar-refractivity contribution in [3.8, 4) is 0 Å². The van der Waals surface area contributed by atoms with E-state index in [1.54, 1.807) is 4.90 Å². The molecule has 0 saturated carbocycles. The summed E-state index contributed by atoms with van der Waals surface area (Å²) in [5, 5.41) is 0.258. The summed E-state index contributed by atoms with van der Waals surface area (Å²) in [5.41, 5.74) is 0.0416. The zero-order valence-corrected chi connectivity index (χ0v) is 11.4. The average molecular weight is 309 g/mol. The third-order valence-electron chi connectivity index (χ3n) is 2.29. The topological polar surface area (TPSA) is 20.3 Å². The lowest BCUT2D eigenvalue weighted by Crippen LogP contribution is -2.31. The number of hydrogen-bond acceptors (Lipinski definition) is 1. The van der Waals surface area contributed by atoms with Crippen LogP contribution in [0.1, 0.15) is 24.2 Å². The summed E-state index contributed by atoms with van der Waals surface area (Å²) in [6, 6.07) is 2.56. The fourth-order valence-electron chi connectivity index (χ4n) is 1.37. The Hall–Kier alpha value is -0.610. The zero-order valence-electron chi connectivity index (χ0n) is 9.06. The van der Waals surface area contributed by atoms with Crippen LogP contribution in [0.5, 0.6) is 0 Å². The Balaban J connectivity index is 3.13. The van der Waals surface area contributed by atoms with Crippen molar-refractivity contribution in [1.82, 2.24) is 4.90 Å². The van der Waals surface area contributed by atoms with Crippen molar-refractivity contribution in [3.63, 3.8) is 0 Å². The normalized spacial score (nSPS) is 10.3. The Morgan fingerprint density at radius 1 is 1.44 bits per heavy atom. The lowest BCUT2D eigenvalue weighted by Gasteiger charge is -2.19. The molecule has 0 atom stereocenters. The van der Waals surface area contributed by atoms with E-state index in [2.05, 4.69) is 15.9 Å². The minimum atomic E-state index is -0.592. The van der Waals surface area contributed by atoms with Crippen LogP contribution in [-0.4, -0.2) is 23.9 Å². The van der Waals surface area contributed by atoms with Crippen LogP contribution in [0.2, 0.25) is 5.02 Å². The van der Waals surface area contributed by atoms with E-state index in [1.807, 2.05) is 13.8 Å². The summed E-state index contributed by atoms with van der Waals surface area (Å²) < 4.78 is 14.1. The highest BCUT2D eigenvalue weighted by Crippen LogP contribution is 2.26. The number of rotatable bonds is 3. The summed E-state index contributed by atoms with van der Waals surface area (Å²) in [7, 11) is 0. The Bertz CT molecular complexity index is 407. The SMILES string of the molecule is CCN(CC)C(=O)c1cc(Br)c(Cl)cc1F. The highest BCUT2D eigenvalue weighted by Gasteiger charge is 2.18. The van der Waals surface area contributed by atoms with Crippen LogP contribution in [0.15, 0.2) is 16.6 Å². The molecule has 0 bridgehead atoms. The second kappa shape index (κ2) is 5.64. The molecule has 88 valence electrons. The molecular weight excluding hydrogens is 296 g/mol. The number of benzene rings is 1. The quantitative estimate of drug-likeness (QED) is 0.779. The Morgan fingerprint density at radius 3 is 2.50 bits per heavy atom. The molecule has 5 heteroatoms. The molecule has 0 saturated heterocycles. The number of nitrogens with zero attached hydrogens (tertiary/aromatic N) is 1. The fraction of sp³-hybridized carbons (Fsp3) is 0.364. The van der Waals surface area contributed by atoms with Gasteiger partial charge in [0.05, 0.1) is 10.6 Å². The van der Waals surface area contributed by atoms with Crippen molar-refractivity contribution in [3.05, 3.63) is 33.0 Å². The summed E-state index contributed by atoms with van der Waals surface area (Å²) in [5.74, 6) is -0.912. The smallest absolute Gasteiger partial charge is 0.256 e. The molecule has 2 nitrogen and oxygen atoms in total. The molecule has 0 aliphatic rings. The molecule has 1 rings (SSSR count).